The van der Waals surface area contributed by atoms with E-state index in [1.54, 1.807) is 12.2 Å². The Morgan fingerprint density at radius 1 is 0.720 bits per heavy atom. The summed E-state index contributed by atoms with van der Waals surface area (Å²) in [6.07, 6.45) is 10.3. The van der Waals surface area contributed by atoms with Crippen molar-refractivity contribution in [1.82, 2.24) is 15.1 Å². The van der Waals surface area contributed by atoms with E-state index in [1.165, 1.54) is 0 Å². The largest absolute Gasteiger partial charge is 0.385 e. The average molecular weight is 342 g/mol. The number of nitrogens with one attached hydrogen (secondary N) is 1. The Labute approximate surface area is 155 Å². The zero-order valence-corrected chi connectivity index (χ0v) is 15.8. The Bertz CT molecular complexity index is 488. The molecule has 0 bridgehead atoms. The molecule has 0 fully saturated rings. The van der Waals surface area contributed by atoms with Crippen molar-refractivity contribution in [3.8, 4) is 0 Å². The van der Waals surface area contributed by atoms with Gasteiger partial charge in [0.05, 0.1) is 0 Å². The van der Waals surface area contributed by atoms with E-state index in [1.807, 2.05) is 12.2 Å². The molecule has 0 saturated heterocycles. The van der Waals surface area contributed by atoms with Crippen LogP contribution in [0.15, 0.2) is 87.4 Å². The van der Waals surface area contributed by atoms with E-state index < -0.39 is 0 Å². The number of hydrogen-bond donors (Lipinski definition) is 1. The zero-order valence-electron chi connectivity index (χ0n) is 15.8. The number of hydrogen-bond acceptors (Lipinski definition) is 3. The molecule has 0 atom stereocenters. The van der Waals surface area contributed by atoms with Gasteiger partial charge in [0.15, 0.2) is 0 Å². The molecule has 3 nitrogen and oxygen atoms in total. The smallest absolute Gasteiger partial charge is 0.0353 e. The van der Waals surface area contributed by atoms with Gasteiger partial charge in [-0.15, -0.1) is 6.58 Å². The van der Waals surface area contributed by atoms with E-state index >= 15 is 0 Å². The van der Waals surface area contributed by atoms with Crippen LogP contribution in [0.4, 0.5) is 0 Å². The molecule has 0 amide bonds. The molecule has 0 spiro atoms. The number of rotatable bonds is 17. The van der Waals surface area contributed by atoms with Gasteiger partial charge in [-0.3, -0.25) is 0 Å². The van der Waals surface area contributed by atoms with Crippen molar-refractivity contribution in [2.45, 2.75) is 19.3 Å². The van der Waals surface area contributed by atoms with E-state index in [4.69, 9.17) is 0 Å². The van der Waals surface area contributed by atoms with Crippen LogP contribution in [0.5, 0.6) is 0 Å². The maximum Gasteiger partial charge on any atom is 0.0353 e. The van der Waals surface area contributed by atoms with Crippen LogP contribution in [0.1, 0.15) is 19.3 Å². The highest BCUT2D eigenvalue weighted by Gasteiger charge is 2.10. The van der Waals surface area contributed by atoms with E-state index in [0.29, 0.717) is 0 Å². The van der Waals surface area contributed by atoms with Gasteiger partial charge in [0.2, 0.25) is 0 Å². The highest BCUT2D eigenvalue weighted by molar-refractivity contribution is 5.12. The summed E-state index contributed by atoms with van der Waals surface area (Å²) in [7, 11) is 0. The Kier molecular flexibility index (Phi) is 12.6. The second-order valence-electron chi connectivity index (χ2n) is 5.81. The summed E-state index contributed by atoms with van der Waals surface area (Å²) in [4.78, 5) is 4.51. The topological polar surface area (TPSA) is 18.5 Å². The van der Waals surface area contributed by atoms with Gasteiger partial charge in [0, 0.05) is 49.8 Å². The van der Waals surface area contributed by atoms with Gasteiger partial charge in [0.25, 0.3) is 0 Å². The van der Waals surface area contributed by atoms with Crippen LogP contribution in [0.25, 0.3) is 0 Å². The highest BCUT2D eigenvalue weighted by atomic mass is 15.2. The number of allylic oxidation sites excluding steroid dienone is 4. The second-order valence-corrected chi connectivity index (χ2v) is 5.81. The maximum atomic E-state index is 4.10. The normalized spacial score (nSPS) is 9.60. The van der Waals surface area contributed by atoms with E-state index in [-0.39, 0.29) is 0 Å². The lowest BCUT2D eigenvalue weighted by molar-refractivity contribution is 0.274. The van der Waals surface area contributed by atoms with Crippen molar-refractivity contribution in [2.24, 2.45) is 0 Å². The fraction of sp³-hybridized carbons (Fsp3) is 0.364. The van der Waals surface area contributed by atoms with Gasteiger partial charge in [-0.05, 0) is 37.5 Å². The van der Waals surface area contributed by atoms with Crippen molar-refractivity contribution in [2.75, 3.05) is 32.7 Å². The lowest BCUT2D eigenvalue weighted by Crippen LogP contribution is -2.35. The van der Waals surface area contributed by atoms with Crippen molar-refractivity contribution < 1.29 is 0 Å². The first-order valence-electron chi connectivity index (χ1n) is 8.78. The molecular weight excluding hydrogens is 306 g/mol. The van der Waals surface area contributed by atoms with Gasteiger partial charge >= 0.3 is 0 Å². The minimum Gasteiger partial charge on any atom is -0.385 e. The number of unbranched alkanes of at least 4 members (excludes halogenated alkanes) is 1. The third-order valence-corrected chi connectivity index (χ3v) is 3.96. The maximum absolute atomic E-state index is 4.10. The lowest BCUT2D eigenvalue weighted by atomic mass is 10.2. The molecule has 0 aromatic carbocycles. The van der Waals surface area contributed by atoms with Gasteiger partial charge in [-0.2, -0.15) is 0 Å². The summed E-state index contributed by atoms with van der Waals surface area (Å²) in [6.45, 7) is 31.7. The first-order valence-corrected chi connectivity index (χ1v) is 8.78. The van der Waals surface area contributed by atoms with Gasteiger partial charge < -0.3 is 15.1 Å². The summed E-state index contributed by atoms with van der Waals surface area (Å²) in [5.41, 5.74) is 2.75. The van der Waals surface area contributed by atoms with Crippen LogP contribution in [0, 0.1) is 0 Å². The van der Waals surface area contributed by atoms with Crippen LogP contribution in [-0.4, -0.2) is 42.5 Å². The molecule has 25 heavy (non-hydrogen) atoms. The molecule has 0 aliphatic heterocycles. The number of nitrogens with zero attached hydrogens (tertiary/aromatic N) is 2. The van der Waals surface area contributed by atoms with Crippen LogP contribution >= 0.6 is 0 Å². The predicted octanol–water partition coefficient (Wildman–Crippen LogP) is 4.64. The Balaban J connectivity index is 4.56. The van der Waals surface area contributed by atoms with Gasteiger partial charge in [-0.25, -0.2) is 0 Å². The molecule has 3 heteroatoms. The monoisotopic (exact) mass is 341 g/mol. The highest BCUT2D eigenvalue weighted by Crippen LogP contribution is 2.09. The fourth-order valence-electron chi connectivity index (χ4n) is 2.32. The Morgan fingerprint density at radius 2 is 1.24 bits per heavy atom. The quantitative estimate of drug-likeness (QED) is 0.236. The SMILES string of the molecule is C=CCCCN(CCN(CCCNC(=C)C=C)C(=C)C=C)C(=C)C=C. The third kappa shape index (κ3) is 10.1. The summed E-state index contributed by atoms with van der Waals surface area (Å²) >= 11 is 0. The van der Waals surface area contributed by atoms with Crippen LogP contribution in [-0.2, 0) is 0 Å². The molecule has 0 aliphatic carbocycles. The standard InChI is InChI=1S/C22H35N3/c1-8-12-13-16-24(21(6)10-3)18-19-25(22(7)11-4)17-14-15-23-20(5)9-2/h8-11,23H,1-7,12-19H2. The molecule has 0 saturated carbocycles. The Hall–Kier alpha value is -2.42. The molecule has 0 unspecified atom stereocenters. The molecule has 0 rings (SSSR count). The molecule has 0 aromatic rings. The van der Waals surface area contributed by atoms with Crippen molar-refractivity contribution in [1.29, 1.82) is 0 Å². The lowest BCUT2D eigenvalue weighted by Gasteiger charge is -2.31. The summed E-state index contributed by atoms with van der Waals surface area (Å²) in [5, 5.41) is 3.23. The van der Waals surface area contributed by atoms with Crippen LogP contribution in [0.3, 0.4) is 0 Å². The van der Waals surface area contributed by atoms with Crippen LogP contribution in [0.2, 0.25) is 0 Å². The van der Waals surface area contributed by atoms with Gasteiger partial charge in [-0.1, -0.05) is 45.5 Å². The Morgan fingerprint density at radius 3 is 1.68 bits per heavy atom. The first-order chi connectivity index (χ1) is 12.0. The van der Waals surface area contributed by atoms with Crippen LogP contribution < -0.4 is 5.32 Å². The molecule has 138 valence electrons. The molecule has 0 heterocycles. The minimum atomic E-state index is 0.852. The zero-order chi connectivity index (χ0) is 19.1. The van der Waals surface area contributed by atoms with E-state index in [0.717, 1.165) is 69.1 Å². The van der Waals surface area contributed by atoms with E-state index in [9.17, 15) is 0 Å². The first kappa shape index (κ1) is 22.6. The van der Waals surface area contributed by atoms with Crippen molar-refractivity contribution in [3.63, 3.8) is 0 Å². The molecular formula is C22H35N3. The van der Waals surface area contributed by atoms with Crippen molar-refractivity contribution >= 4 is 0 Å². The van der Waals surface area contributed by atoms with E-state index in [2.05, 4.69) is 61.2 Å². The fourth-order valence-corrected chi connectivity index (χ4v) is 2.32. The molecule has 0 aliphatic rings. The second kappa shape index (κ2) is 14.0. The van der Waals surface area contributed by atoms with Gasteiger partial charge in [0.1, 0.15) is 0 Å². The summed E-state index contributed by atoms with van der Waals surface area (Å²) in [6, 6.07) is 0. The minimum absolute atomic E-state index is 0.852. The summed E-state index contributed by atoms with van der Waals surface area (Å²) < 4.78 is 0. The molecule has 0 radical (unpaired) electrons. The van der Waals surface area contributed by atoms with Crippen molar-refractivity contribution in [3.05, 3.63) is 87.4 Å². The third-order valence-electron chi connectivity index (χ3n) is 3.96. The predicted molar refractivity (Wildman–Crippen MR) is 113 cm³/mol. The molecule has 1 N–H and O–H groups in total. The molecule has 0 aromatic heterocycles. The average Bonchev–Trinajstić information content (AvgIpc) is 2.64. The summed E-state index contributed by atoms with van der Waals surface area (Å²) in [5.74, 6) is 0.